The first-order chi connectivity index (χ1) is 21.6. The van der Waals surface area contributed by atoms with Crippen LogP contribution < -0.4 is 5.32 Å². The Kier molecular flexibility index (Phi) is 9.60. The highest BCUT2D eigenvalue weighted by Gasteiger charge is 2.29. The normalized spacial score (nSPS) is 14.6. The number of morpholine rings is 1. The minimum absolute atomic E-state index is 0.180. The summed E-state index contributed by atoms with van der Waals surface area (Å²) in [5, 5.41) is 7.61. The zero-order chi connectivity index (χ0) is 30.1. The van der Waals surface area contributed by atoms with Crippen molar-refractivity contribution < 1.29 is 19.1 Å². The first-order valence-electron chi connectivity index (χ1n) is 15.3. The maximum atomic E-state index is 14.2. The number of ether oxygens (including phenoxy) is 2. The van der Waals surface area contributed by atoms with Gasteiger partial charge in [0.05, 0.1) is 19.5 Å². The van der Waals surface area contributed by atoms with Crippen molar-refractivity contribution in [3.05, 3.63) is 114 Å². The van der Waals surface area contributed by atoms with Crippen molar-refractivity contribution in [3.63, 3.8) is 0 Å². The smallest absolute Gasteiger partial charge is 0.329 e. The van der Waals surface area contributed by atoms with E-state index >= 15 is 0 Å². The van der Waals surface area contributed by atoms with Gasteiger partial charge in [0.2, 0.25) is 5.91 Å². The summed E-state index contributed by atoms with van der Waals surface area (Å²) in [7, 11) is 0. The highest BCUT2D eigenvalue weighted by molar-refractivity contribution is 5.90. The lowest BCUT2D eigenvalue weighted by atomic mass is 9.87. The zero-order valence-corrected chi connectivity index (χ0v) is 24.8. The third kappa shape index (κ3) is 7.33. The Labute approximate surface area is 257 Å². The van der Waals surface area contributed by atoms with Crippen LogP contribution in [0.2, 0.25) is 0 Å². The molecule has 1 aliphatic heterocycles. The summed E-state index contributed by atoms with van der Waals surface area (Å²) >= 11 is 0. The quantitative estimate of drug-likeness (QED) is 0.204. The summed E-state index contributed by atoms with van der Waals surface area (Å²) in [4.78, 5) is 37.0. The van der Waals surface area contributed by atoms with Crippen LogP contribution in [0, 0.1) is 5.92 Å². The van der Waals surface area contributed by atoms with Crippen LogP contribution in [0.5, 0.6) is 0 Å². The van der Waals surface area contributed by atoms with Crippen LogP contribution in [0.4, 0.5) is 0 Å². The van der Waals surface area contributed by atoms with Gasteiger partial charge in [0.15, 0.2) is 0 Å². The van der Waals surface area contributed by atoms with Crippen LogP contribution in [-0.4, -0.2) is 72.2 Å². The number of benzene rings is 4. The summed E-state index contributed by atoms with van der Waals surface area (Å²) in [6, 6.07) is 28.1. The van der Waals surface area contributed by atoms with Crippen molar-refractivity contribution in [2.75, 3.05) is 39.5 Å². The number of nitrogens with one attached hydrogen (secondary N) is 2. The van der Waals surface area contributed by atoms with Crippen molar-refractivity contribution in [2.24, 2.45) is 5.92 Å². The van der Waals surface area contributed by atoms with Crippen molar-refractivity contribution in [3.8, 4) is 0 Å². The monoisotopic (exact) mass is 590 g/mol. The van der Waals surface area contributed by atoms with Gasteiger partial charge in [0.25, 0.3) is 0 Å². The zero-order valence-electron chi connectivity index (χ0n) is 24.8. The number of hydrogen-bond acceptors (Lipinski definition) is 6. The fraction of sp³-hybridized carbons (Fsp3) is 0.306. The Balaban J connectivity index is 1.25. The molecule has 4 aromatic carbocycles. The number of rotatable bonds is 12. The van der Waals surface area contributed by atoms with Gasteiger partial charge in [-0.2, -0.15) is 0 Å². The summed E-state index contributed by atoms with van der Waals surface area (Å²) in [5.41, 5.74) is 2.95. The Morgan fingerprint density at radius 1 is 0.841 bits per heavy atom. The lowest BCUT2D eigenvalue weighted by molar-refractivity contribution is -0.149. The van der Waals surface area contributed by atoms with Crippen LogP contribution in [-0.2, 0) is 38.3 Å². The maximum absolute atomic E-state index is 14.2. The van der Waals surface area contributed by atoms with Crippen molar-refractivity contribution in [1.82, 2.24) is 20.2 Å². The highest BCUT2D eigenvalue weighted by Crippen LogP contribution is 2.26. The number of H-pyrrole nitrogens is 1. The number of aromatic nitrogens is 2. The van der Waals surface area contributed by atoms with Crippen LogP contribution in [0.15, 0.2) is 97.5 Å². The first-order valence-corrected chi connectivity index (χ1v) is 15.3. The van der Waals surface area contributed by atoms with E-state index in [1.807, 2.05) is 36.4 Å². The average molecular weight is 591 g/mol. The van der Waals surface area contributed by atoms with E-state index in [0.717, 1.165) is 51.5 Å². The van der Waals surface area contributed by atoms with E-state index in [9.17, 15) is 9.59 Å². The van der Waals surface area contributed by atoms with Gasteiger partial charge in [-0.25, -0.2) is 9.78 Å². The molecule has 2 N–H and O–H groups in total. The second-order valence-corrected chi connectivity index (χ2v) is 11.3. The fourth-order valence-corrected chi connectivity index (χ4v) is 6.03. The Bertz CT molecular complexity index is 1610. The molecule has 0 saturated carbocycles. The van der Waals surface area contributed by atoms with E-state index in [-0.39, 0.29) is 18.9 Å². The number of carbonyl (C=O) groups excluding carboxylic acids is 2. The molecule has 1 aliphatic rings. The highest BCUT2D eigenvalue weighted by atomic mass is 16.5. The van der Waals surface area contributed by atoms with Gasteiger partial charge < -0.3 is 19.8 Å². The second kappa shape index (κ2) is 14.3. The molecule has 6 rings (SSSR count). The SMILES string of the molecule is O=C(N[C@@H](Cc1cnc[nH]1)C(=O)OCCN1CCOCC1)C(Cc1cccc2ccccc12)Cc1cccc2ccccc12. The van der Waals surface area contributed by atoms with Gasteiger partial charge in [0, 0.05) is 43.9 Å². The van der Waals surface area contributed by atoms with Crippen LogP contribution in [0.1, 0.15) is 16.8 Å². The second-order valence-electron chi connectivity index (χ2n) is 11.3. The van der Waals surface area contributed by atoms with Gasteiger partial charge in [-0.05, 0) is 45.5 Å². The van der Waals surface area contributed by atoms with Crippen molar-refractivity contribution in [2.45, 2.75) is 25.3 Å². The number of imidazole rings is 1. The lowest BCUT2D eigenvalue weighted by Gasteiger charge is -2.27. The Morgan fingerprint density at radius 3 is 2.07 bits per heavy atom. The molecule has 1 amide bonds. The largest absolute Gasteiger partial charge is 0.463 e. The van der Waals surface area contributed by atoms with Crippen molar-refractivity contribution in [1.29, 1.82) is 0 Å². The van der Waals surface area contributed by atoms with Crippen LogP contribution in [0.3, 0.4) is 0 Å². The Morgan fingerprint density at radius 2 is 1.45 bits per heavy atom. The van der Waals surface area contributed by atoms with E-state index < -0.39 is 17.9 Å². The van der Waals surface area contributed by atoms with Crippen LogP contribution in [0.25, 0.3) is 21.5 Å². The fourth-order valence-electron chi connectivity index (χ4n) is 6.03. The van der Waals surface area contributed by atoms with E-state index in [0.29, 0.717) is 32.6 Å². The first kappa shape index (κ1) is 29.5. The van der Waals surface area contributed by atoms with E-state index in [1.165, 1.54) is 0 Å². The molecule has 0 bridgehead atoms. The molecule has 8 nitrogen and oxygen atoms in total. The maximum Gasteiger partial charge on any atom is 0.329 e. The molecule has 1 saturated heterocycles. The topological polar surface area (TPSA) is 96.5 Å². The average Bonchev–Trinajstić information content (AvgIpc) is 3.58. The van der Waals surface area contributed by atoms with E-state index in [4.69, 9.17) is 9.47 Å². The van der Waals surface area contributed by atoms with Gasteiger partial charge in [-0.15, -0.1) is 0 Å². The number of fused-ring (bicyclic) bond motifs is 2. The molecular weight excluding hydrogens is 552 g/mol. The number of nitrogens with zero attached hydrogens (tertiary/aromatic N) is 2. The number of aromatic amines is 1. The molecule has 0 spiro atoms. The van der Waals surface area contributed by atoms with Gasteiger partial charge in [0.1, 0.15) is 12.6 Å². The molecule has 0 unspecified atom stereocenters. The standard InChI is InChI=1S/C36H38N4O4/c41-35(39-34(23-31-24-37-25-38-31)36(42)44-20-17-40-15-18-43-19-16-40)30(21-28-11-5-9-26-7-1-3-13-32(26)28)22-29-12-6-10-27-8-2-4-14-33(27)29/h1-14,24-25,30,34H,15-23H2,(H,37,38)(H,39,41)/t34-/m0/s1. The number of amides is 1. The molecule has 1 aromatic heterocycles. The molecule has 44 heavy (non-hydrogen) atoms. The van der Waals surface area contributed by atoms with Gasteiger partial charge >= 0.3 is 5.97 Å². The van der Waals surface area contributed by atoms with Gasteiger partial charge in [-0.3, -0.25) is 9.69 Å². The minimum Gasteiger partial charge on any atom is -0.463 e. The summed E-state index contributed by atoms with van der Waals surface area (Å²) < 4.78 is 11.1. The molecule has 2 heterocycles. The number of hydrogen-bond donors (Lipinski definition) is 2. The number of esters is 1. The molecule has 0 aliphatic carbocycles. The predicted octanol–water partition coefficient (Wildman–Crippen LogP) is 4.72. The summed E-state index contributed by atoms with van der Waals surface area (Å²) in [6.07, 6.45) is 4.56. The van der Waals surface area contributed by atoms with Crippen LogP contribution >= 0.6 is 0 Å². The summed E-state index contributed by atoms with van der Waals surface area (Å²) in [5.74, 6) is -1.05. The third-order valence-corrected chi connectivity index (χ3v) is 8.40. The number of carbonyl (C=O) groups is 2. The molecule has 1 fully saturated rings. The van der Waals surface area contributed by atoms with E-state index in [2.05, 4.69) is 68.7 Å². The molecule has 1 atom stereocenters. The molecule has 5 aromatic rings. The third-order valence-electron chi connectivity index (χ3n) is 8.40. The molecule has 226 valence electrons. The molecular formula is C36H38N4O4. The Hall–Kier alpha value is -4.53. The molecule has 8 heteroatoms. The minimum atomic E-state index is -0.852. The van der Waals surface area contributed by atoms with E-state index in [1.54, 1.807) is 12.5 Å². The predicted molar refractivity (Wildman–Crippen MR) is 171 cm³/mol. The van der Waals surface area contributed by atoms with Crippen molar-refractivity contribution >= 4 is 33.4 Å². The lowest BCUT2D eigenvalue weighted by Crippen LogP contribution is -2.47. The van der Waals surface area contributed by atoms with Gasteiger partial charge in [-0.1, -0.05) is 84.9 Å². The molecule has 0 radical (unpaired) electrons. The summed E-state index contributed by atoms with van der Waals surface area (Å²) in [6.45, 7) is 3.88.